The van der Waals surface area contributed by atoms with Crippen molar-refractivity contribution in [1.29, 1.82) is 0 Å². The summed E-state index contributed by atoms with van der Waals surface area (Å²) in [4.78, 5) is 15.5. The summed E-state index contributed by atoms with van der Waals surface area (Å²) < 4.78 is 0. The number of fused-ring (bicyclic) bond motifs is 1. The van der Waals surface area contributed by atoms with Gasteiger partial charge in [-0.15, -0.1) is 0 Å². The molecule has 0 aliphatic heterocycles. The molecular formula is C13H12ClN5. The number of halogens is 1. The Kier molecular flexibility index (Phi) is 3.05. The van der Waals surface area contributed by atoms with Crippen LogP contribution in [0.4, 0.5) is 5.82 Å². The van der Waals surface area contributed by atoms with Crippen molar-refractivity contribution in [3.8, 4) is 0 Å². The first kappa shape index (κ1) is 11.9. The predicted molar refractivity (Wildman–Crippen MR) is 75.2 cm³/mol. The molecule has 0 amide bonds. The first-order valence-corrected chi connectivity index (χ1v) is 6.26. The number of aryl methyl sites for hydroxylation is 1. The third-order valence-corrected chi connectivity index (χ3v) is 2.98. The predicted octanol–water partition coefficient (Wildman–Crippen LogP) is 2.93. The standard InChI is InChI=1S/C13H12ClN5/c1-8-6-9(2-4-15-8)7-17-12-10-3-5-16-11(10)18-13(14)19-12/h2-6H,7H2,1H3,(H2,16,17,18,19). The molecule has 0 unspecified atom stereocenters. The summed E-state index contributed by atoms with van der Waals surface area (Å²) in [5.41, 5.74) is 2.87. The zero-order valence-electron chi connectivity index (χ0n) is 10.3. The number of hydrogen-bond donors (Lipinski definition) is 2. The summed E-state index contributed by atoms with van der Waals surface area (Å²) in [5, 5.41) is 4.43. The fourth-order valence-corrected chi connectivity index (χ4v) is 2.12. The highest BCUT2D eigenvalue weighted by atomic mass is 35.5. The van der Waals surface area contributed by atoms with Crippen molar-refractivity contribution in [2.75, 3.05) is 5.32 Å². The van der Waals surface area contributed by atoms with E-state index in [4.69, 9.17) is 11.6 Å². The van der Waals surface area contributed by atoms with Crippen LogP contribution in [0.2, 0.25) is 5.28 Å². The van der Waals surface area contributed by atoms with Gasteiger partial charge in [0.05, 0.1) is 5.39 Å². The van der Waals surface area contributed by atoms with Crippen LogP contribution in [0.5, 0.6) is 0 Å². The number of aromatic nitrogens is 4. The first-order valence-electron chi connectivity index (χ1n) is 5.88. The lowest BCUT2D eigenvalue weighted by Gasteiger charge is -2.07. The smallest absolute Gasteiger partial charge is 0.226 e. The lowest BCUT2D eigenvalue weighted by molar-refractivity contribution is 1.07. The van der Waals surface area contributed by atoms with Gasteiger partial charge in [-0.25, -0.2) is 4.98 Å². The Morgan fingerprint density at radius 1 is 1.32 bits per heavy atom. The number of nitrogens with zero attached hydrogens (tertiary/aromatic N) is 3. The maximum absolute atomic E-state index is 5.90. The van der Waals surface area contributed by atoms with Crippen molar-refractivity contribution in [2.24, 2.45) is 0 Å². The topological polar surface area (TPSA) is 66.5 Å². The number of anilines is 1. The van der Waals surface area contributed by atoms with Crippen LogP contribution in [-0.4, -0.2) is 19.9 Å². The van der Waals surface area contributed by atoms with Crippen molar-refractivity contribution in [3.05, 3.63) is 47.1 Å². The fraction of sp³-hybridized carbons (Fsp3) is 0.154. The lowest BCUT2D eigenvalue weighted by atomic mass is 10.2. The Morgan fingerprint density at radius 2 is 2.21 bits per heavy atom. The van der Waals surface area contributed by atoms with Crippen LogP contribution in [0, 0.1) is 6.92 Å². The molecule has 0 aliphatic rings. The number of rotatable bonds is 3. The van der Waals surface area contributed by atoms with Gasteiger partial charge >= 0.3 is 0 Å². The van der Waals surface area contributed by atoms with E-state index < -0.39 is 0 Å². The summed E-state index contributed by atoms with van der Waals surface area (Å²) in [6.45, 7) is 2.63. The lowest BCUT2D eigenvalue weighted by Crippen LogP contribution is -2.03. The van der Waals surface area contributed by atoms with Crippen LogP contribution in [0.1, 0.15) is 11.3 Å². The van der Waals surface area contributed by atoms with Crippen LogP contribution < -0.4 is 5.32 Å². The van der Waals surface area contributed by atoms with E-state index in [1.54, 1.807) is 6.20 Å². The molecule has 3 heterocycles. The highest BCUT2D eigenvalue weighted by Gasteiger charge is 2.07. The van der Waals surface area contributed by atoms with Crippen molar-refractivity contribution >= 4 is 28.5 Å². The van der Waals surface area contributed by atoms with Gasteiger partial charge in [-0.2, -0.15) is 4.98 Å². The summed E-state index contributed by atoms with van der Waals surface area (Å²) in [7, 11) is 0. The molecule has 0 radical (unpaired) electrons. The van der Waals surface area contributed by atoms with Crippen LogP contribution in [0.3, 0.4) is 0 Å². The van der Waals surface area contributed by atoms with E-state index in [2.05, 4.69) is 25.3 Å². The molecule has 3 aromatic rings. The molecule has 2 N–H and O–H groups in total. The van der Waals surface area contributed by atoms with Crippen LogP contribution in [0.25, 0.3) is 11.0 Å². The van der Waals surface area contributed by atoms with Crippen LogP contribution >= 0.6 is 11.6 Å². The van der Waals surface area contributed by atoms with Gasteiger partial charge in [-0.3, -0.25) is 4.98 Å². The monoisotopic (exact) mass is 273 g/mol. The maximum Gasteiger partial charge on any atom is 0.226 e. The Hall–Kier alpha value is -2.14. The summed E-state index contributed by atoms with van der Waals surface area (Å²) >= 11 is 5.90. The molecule has 5 nitrogen and oxygen atoms in total. The van der Waals surface area contributed by atoms with E-state index in [1.807, 2.05) is 31.3 Å². The second-order valence-electron chi connectivity index (χ2n) is 4.24. The van der Waals surface area contributed by atoms with Crippen molar-refractivity contribution in [3.63, 3.8) is 0 Å². The molecule has 6 heteroatoms. The zero-order chi connectivity index (χ0) is 13.2. The quantitative estimate of drug-likeness (QED) is 0.720. The normalized spacial score (nSPS) is 10.8. The van der Waals surface area contributed by atoms with Gasteiger partial charge in [0.15, 0.2) is 0 Å². The third kappa shape index (κ3) is 2.51. The first-order chi connectivity index (χ1) is 9.22. The number of hydrogen-bond acceptors (Lipinski definition) is 4. The van der Waals surface area contributed by atoms with Gasteiger partial charge in [0.25, 0.3) is 0 Å². The molecule has 0 aromatic carbocycles. The van der Waals surface area contributed by atoms with Gasteiger partial charge in [-0.05, 0) is 42.3 Å². The SMILES string of the molecule is Cc1cc(CNc2nc(Cl)nc3[nH]ccc23)ccn1. The highest BCUT2D eigenvalue weighted by Crippen LogP contribution is 2.21. The molecule has 0 fully saturated rings. The third-order valence-electron chi connectivity index (χ3n) is 2.81. The molecule has 3 aromatic heterocycles. The second-order valence-corrected chi connectivity index (χ2v) is 4.58. The number of H-pyrrole nitrogens is 1. The van der Waals surface area contributed by atoms with Crippen LogP contribution in [0.15, 0.2) is 30.6 Å². The van der Waals surface area contributed by atoms with Crippen molar-refractivity contribution in [1.82, 2.24) is 19.9 Å². The largest absolute Gasteiger partial charge is 0.365 e. The average molecular weight is 274 g/mol. The van der Waals surface area contributed by atoms with Crippen molar-refractivity contribution in [2.45, 2.75) is 13.5 Å². The van der Waals surface area contributed by atoms with E-state index in [-0.39, 0.29) is 5.28 Å². The molecular weight excluding hydrogens is 262 g/mol. The molecule has 19 heavy (non-hydrogen) atoms. The molecule has 0 atom stereocenters. The fourth-order valence-electron chi connectivity index (χ4n) is 1.95. The van der Waals surface area contributed by atoms with Crippen molar-refractivity contribution < 1.29 is 0 Å². The molecule has 0 bridgehead atoms. The zero-order valence-corrected chi connectivity index (χ0v) is 11.1. The summed E-state index contributed by atoms with van der Waals surface area (Å²) in [5.74, 6) is 0.728. The molecule has 3 rings (SSSR count). The molecule has 0 saturated heterocycles. The second kappa shape index (κ2) is 4.85. The van der Waals surface area contributed by atoms with E-state index in [0.29, 0.717) is 6.54 Å². The van der Waals surface area contributed by atoms with E-state index >= 15 is 0 Å². The minimum atomic E-state index is 0.225. The molecule has 0 spiro atoms. The minimum absolute atomic E-state index is 0.225. The van der Waals surface area contributed by atoms with Gasteiger partial charge in [0, 0.05) is 24.6 Å². The van der Waals surface area contributed by atoms with E-state index in [1.165, 1.54) is 0 Å². The summed E-state index contributed by atoms with van der Waals surface area (Å²) in [6, 6.07) is 5.92. The molecule has 0 saturated carbocycles. The molecule has 0 aliphatic carbocycles. The Morgan fingerprint density at radius 3 is 3.05 bits per heavy atom. The molecule has 96 valence electrons. The minimum Gasteiger partial charge on any atom is -0.365 e. The Labute approximate surface area is 115 Å². The van der Waals surface area contributed by atoms with Gasteiger partial charge < -0.3 is 10.3 Å². The summed E-state index contributed by atoms with van der Waals surface area (Å²) in [6.07, 6.45) is 3.61. The number of pyridine rings is 1. The van der Waals surface area contributed by atoms with Crippen LogP contribution in [-0.2, 0) is 6.54 Å². The van der Waals surface area contributed by atoms with Gasteiger partial charge in [0.1, 0.15) is 11.5 Å². The maximum atomic E-state index is 5.90. The average Bonchev–Trinajstić information content (AvgIpc) is 2.84. The Balaban J connectivity index is 1.87. The Bertz CT molecular complexity index is 722. The van der Waals surface area contributed by atoms with E-state index in [0.717, 1.165) is 28.1 Å². The van der Waals surface area contributed by atoms with E-state index in [9.17, 15) is 0 Å². The number of aromatic amines is 1. The van der Waals surface area contributed by atoms with Gasteiger partial charge in [0.2, 0.25) is 5.28 Å². The highest BCUT2D eigenvalue weighted by molar-refractivity contribution is 6.28. The van der Waals surface area contributed by atoms with Gasteiger partial charge in [-0.1, -0.05) is 0 Å². The number of nitrogens with one attached hydrogen (secondary N) is 2.